The van der Waals surface area contributed by atoms with Crippen LogP contribution in [0.1, 0.15) is 52.0 Å². The van der Waals surface area contributed by atoms with E-state index in [1.165, 1.54) is 36.4 Å². The highest BCUT2D eigenvalue weighted by molar-refractivity contribution is 5.99. The summed E-state index contributed by atoms with van der Waals surface area (Å²) in [4.78, 5) is 29.8. The Kier molecular flexibility index (Phi) is 12.8. The molecule has 0 bridgehead atoms. The Bertz CT molecular complexity index is 1830. The first-order valence-corrected chi connectivity index (χ1v) is 17.2. The van der Waals surface area contributed by atoms with Crippen LogP contribution in [0.5, 0.6) is 5.75 Å². The third-order valence-corrected chi connectivity index (χ3v) is 9.20. The molecule has 0 amide bonds. The van der Waals surface area contributed by atoms with Crippen LogP contribution in [0, 0.1) is 11.8 Å². The van der Waals surface area contributed by atoms with E-state index in [0.717, 1.165) is 64.0 Å². The lowest BCUT2D eigenvalue weighted by Gasteiger charge is -2.28. The van der Waals surface area contributed by atoms with Gasteiger partial charge in [-0.1, -0.05) is 84.9 Å². The molecule has 282 valence electrons. The third kappa shape index (κ3) is 11.8. The Morgan fingerprint density at radius 3 is 1.43 bits per heavy atom. The van der Waals surface area contributed by atoms with Gasteiger partial charge in [0.1, 0.15) is 5.75 Å². The number of likely N-dealkylation sites (tertiary alicyclic amines) is 2. The number of ketones is 2. The van der Waals surface area contributed by atoms with Crippen molar-refractivity contribution in [1.82, 2.24) is 9.80 Å². The minimum absolute atomic E-state index is 0.00462. The molecule has 4 aromatic carbocycles. The number of piperidine rings is 2. The zero-order valence-electron chi connectivity index (χ0n) is 29.3. The first-order chi connectivity index (χ1) is 25.1. The third-order valence-electron chi connectivity index (χ3n) is 9.20. The summed E-state index contributed by atoms with van der Waals surface area (Å²) in [5.41, 5.74) is 2.19. The summed E-state index contributed by atoms with van der Waals surface area (Å²) in [6.45, 7) is 3.61. The Morgan fingerprint density at radius 1 is 0.585 bits per heavy atom. The topological polar surface area (TPSA) is 78.1 Å². The Hall–Kier alpha value is -4.88. The molecule has 2 heterocycles. The van der Waals surface area contributed by atoms with Crippen molar-refractivity contribution in [2.75, 3.05) is 40.3 Å². The zero-order chi connectivity index (χ0) is 38.2. The van der Waals surface area contributed by atoms with Crippen LogP contribution in [0.4, 0.5) is 49.1 Å². The van der Waals surface area contributed by atoms with Gasteiger partial charge in [-0.25, -0.2) is 0 Å². The van der Waals surface area contributed by atoms with Gasteiger partial charge >= 0.3 is 12.5 Å². The van der Waals surface area contributed by atoms with Crippen molar-refractivity contribution in [1.29, 1.82) is 0 Å². The smallest absolute Gasteiger partial charge is 0.573 e. The number of halogens is 6. The van der Waals surface area contributed by atoms with E-state index in [1.807, 2.05) is 14.1 Å². The standard InChI is InChI=1S/C20H20F3N2O2.C20H20F3N2O/c1-25-11-9-14(10-12-25)19(26)15-3-2-4-17(13-15)24-16-5-7-18(8-6-16)27-20(21,22)23;1-25-10-8-14(9-11-25)19(26)15-4-2-6-17(12-15)24-18-7-3-5-16(13-18)20(21,22)23/h2-8,13-14H,9-12H2,1H3;2-7,12-14H,8-11H2,1H3/q2*-1. The SMILES string of the molecule is CN1CCC(C(=O)c2cccc([N-]c3ccc(OC(F)(F)F)cc3)c2)CC1.CN1CCC(C(=O)c2cccc([N-]c3cccc(C(F)(F)F)c3)c2)CC1. The van der Waals surface area contributed by atoms with Crippen LogP contribution in [0.2, 0.25) is 0 Å². The number of carbonyl (C=O) groups excluding carboxylic acids is 2. The van der Waals surface area contributed by atoms with E-state index < -0.39 is 18.1 Å². The molecule has 0 atom stereocenters. The molecule has 2 fully saturated rings. The second-order valence-corrected chi connectivity index (χ2v) is 13.3. The van der Waals surface area contributed by atoms with Crippen molar-refractivity contribution >= 4 is 34.3 Å². The maximum atomic E-state index is 12.8. The summed E-state index contributed by atoms with van der Waals surface area (Å²) in [6, 6.07) is 24.0. The monoisotopic (exact) mass is 738 g/mol. The van der Waals surface area contributed by atoms with E-state index in [0.29, 0.717) is 28.2 Å². The molecular weight excluding hydrogens is 698 g/mol. The molecule has 2 aliphatic rings. The molecule has 0 aromatic heterocycles. The lowest BCUT2D eigenvalue weighted by Crippen LogP contribution is -2.33. The lowest BCUT2D eigenvalue weighted by molar-refractivity contribution is -0.274. The molecule has 2 saturated heterocycles. The fourth-order valence-electron chi connectivity index (χ4n) is 6.24. The van der Waals surface area contributed by atoms with Crippen LogP contribution < -0.4 is 4.74 Å². The van der Waals surface area contributed by atoms with E-state index in [-0.39, 0.29) is 34.8 Å². The number of benzene rings is 4. The first-order valence-electron chi connectivity index (χ1n) is 17.2. The summed E-state index contributed by atoms with van der Waals surface area (Å²) in [6.07, 6.45) is -5.79. The average Bonchev–Trinajstić information content (AvgIpc) is 3.12. The van der Waals surface area contributed by atoms with Gasteiger partial charge in [-0.2, -0.15) is 13.2 Å². The maximum Gasteiger partial charge on any atom is 0.573 e. The van der Waals surface area contributed by atoms with Crippen molar-refractivity contribution in [3.8, 4) is 5.75 Å². The van der Waals surface area contributed by atoms with Crippen molar-refractivity contribution in [3.05, 3.63) is 124 Å². The zero-order valence-corrected chi connectivity index (χ0v) is 29.3. The van der Waals surface area contributed by atoms with Gasteiger partial charge in [0.25, 0.3) is 0 Å². The predicted octanol–water partition coefficient (Wildman–Crippen LogP) is 11.0. The number of carbonyl (C=O) groups is 2. The van der Waals surface area contributed by atoms with Crippen molar-refractivity contribution in [3.63, 3.8) is 0 Å². The molecule has 0 spiro atoms. The molecule has 13 heteroatoms. The van der Waals surface area contributed by atoms with Crippen LogP contribution in [0.25, 0.3) is 10.6 Å². The second-order valence-electron chi connectivity index (χ2n) is 13.3. The summed E-state index contributed by atoms with van der Waals surface area (Å²) in [7, 11) is 4.08. The minimum Gasteiger partial charge on any atom is -0.658 e. The summed E-state index contributed by atoms with van der Waals surface area (Å²) in [5.74, 6) is -0.0776. The van der Waals surface area contributed by atoms with Gasteiger partial charge in [0.05, 0.1) is 5.56 Å². The Balaban J connectivity index is 0.000000204. The van der Waals surface area contributed by atoms with Gasteiger partial charge in [-0.3, -0.25) is 9.59 Å². The molecule has 7 nitrogen and oxygen atoms in total. The molecule has 0 aliphatic carbocycles. The Labute approximate surface area is 304 Å². The summed E-state index contributed by atoms with van der Waals surface area (Å²) >= 11 is 0. The van der Waals surface area contributed by atoms with Crippen LogP contribution in [0.3, 0.4) is 0 Å². The summed E-state index contributed by atoms with van der Waals surface area (Å²) in [5, 5.41) is 8.64. The molecule has 53 heavy (non-hydrogen) atoms. The highest BCUT2D eigenvalue weighted by Crippen LogP contribution is 2.37. The molecule has 0 unspecified atom stereocenters. The largest absolute Gasteiger partial charge is 0.658 e. The maximum absolute atomic E-state index is 12.8. The first kappa shape index (κ1) is 39.3. The summed E-state index contributed by atoms with van der Waals surface area (Å²) < 4.78 is 78.9. The molecule has 0 N–H and O–H groups in total. The fourth-order valence-corrected chi connectivity index (χ4v) is 6.24. The second kappa shape index (κ2) is 17.3. The van der Waals surface area contributed by atoms with Crippen LogP contribution in [0.15, 0.2) is 97.1 Å². The minimum atomic E-state index is -4.72. The highest BCUT2D eigenvalue weighted by Gasteiger charge is 2.31. The average molecular weight is 739 g/mol. The number of alkyl halides is 6. The molecule has 6 rings (SSSR count). The number of ether oxygens (including phenoxy) is 1. The van der Waals surface area contributed by atoms with E-state index in [2.05, 4.69) is 25.2 Å². The number of rotatable bonds is 9. The van der Waals surface area contributed by atoms with E-state index in [4.69, 9.17) is 0 Å². The molecule has 0 saturated carbocycles. The van der Waals surface area contributed by atoms with Crippen LogP contribution >= 0.6 is 0 Å². The molecular formula is C40H40F6N4O3-2. The quantitative estimate of drug-likeness (QED) is 0.126. The number of hydrogen-bond donors (Lipinski definition) is 0. The molecule has 0 radical (unpaired) electrons. The van der Waals surface area contributed by atoms with E-state index in [9.17, 15) is 35.9 Å². The molecule has 2 aliphatic heterocycles. The van der Waals surface area contributed by atoms with Crippen molar-refractivity contribution < 1.29 is 40.7 Å². The Morgan fingerprint density at radius 2 is 1.00 bits per heavy atom. The van der Waals surface area contributed by atoms with E-state index >= 15 is 0 Å². The van der Waals surface area contributed by atoms with E-state index in [1.54, 1.807) is 48.5 Å². The number of Topliss-reactive ketones (excluding diaryl/α,β-unsaturated/α-hetero) is 2. The number of hydrogen-bond acceptors (Lipinski definition) is 5. The van der Waals surface area contributed by atoms with Gasteiger partial charge in [0.15, 0.2) is 11.6 Å². The number of nitrogens with zero attached hydrogens (tertiary/aromatic N) is 4. The van der Waals surface area contributed by atoms with Crippen molar-refractivity contribution in [2.45, 2.75) is 38.2 Å². The van der Waals surface area contributed by atoms with Gasteiger partial charge in [0.2, 0.25) is 0 Å². The van der Waals surface area contributed by atoms with Crippen molar-refractivity contribution in [2.24, 2.45) is 11.8 Å². The fraction of sp³-hybridized carbons (Fsp3) is 0.350. The lowest BCUT2D eigenvalue weighted by atomic mass is 9.89. The van der Waals surface area contributed by atoms with Crippen LogP contribution in [-0.2, 0) is 6.18 Å². The highest BCUT2D eigenvalue weighted by atomic mass is 19.4. The van der Waals surface area contributed by atoms with Gasteiger partial charge in [-0.05, 0) is 78.1 Å². The normalized spacial score (nSPS) is 16.3. The molecule has 4 aromatic rings. The predicted molar refractivity (Wildman–Crippen MR) is 192 cm³/mol. The van der Waals surface area contributed by atoms with Gasteiger partial charge in [-0.15, -0.1) is 35.9 Å². The van der Waals surface area contributed by atoms with Crippen LogP contribution in [-0.4, -0.2) is 68.0 Å². The van der Waals surface area contributed by atoms with Gasteiger partial charge < -0.3 is 25.2 Å². The van der Waals surface area contributed by atoms with Gasteiger partial charge in [0, 0.05) is 23.0 Å².